The molecule has 5 heteroatoms. The van der Waals surface area contributed by atoms with Crippen LogP contribution in [-0.4, -0.2) is 52.6 Å². The minimum Gasteiger partial charge on any atom is -0.376 e. The zero-order chi connectivity index (χ0) is 14.7. The smallest absolute Gasteiger partial charge is 0.255 e. The van der Waals surface area contributed by atoms with Gasteiger partial charge in [-0.3, -0.25) is 9.78 Å². The molecule has 0 radical (unpaired) electrons. The molecular weight excluding hydrogens is 284 g/mol. The van der Waals surface area contributed by atoms with Gasteiger partial charge in [0.1, 0.15) is 0 Å². The number of carbonyl (C=O) groups excluding carboxylic acids is 1. The molecule has 0 unspecified atom stereocenters. The molecule has 2 atom stereocenters. The summed E-state index contributed by atoms with van der Waals surface area (Å²) < 4.78 is 5.74. The molecule has 2 aliphatic rings. The molecule has 3 heterocycles. The number of ether oxygens (including phenoxy) is 1. The van der Waals surface area contributed by atoms with E-state index in [2.05, 4.69) is 4.98 Å². The normalized spacial score (nSPS) is 25.2. The van der Waals surface area contributed by atoms with E-state index in [1.165, 1.54) is 0 Å². The maximum absolute atomic E-state index is 12.9. The Morgan fingerprint density at radius 2 is 2.38 bits per heavy atom. The van der Waals surface area contributed by atoms with Crippen molar-refractivity contribution in [2.24, 2.45) is 0 Å². The lowest BCUT2D eigenvalue weighted by atomic mass is 10.1. The number of hydrogen-bond acceptors (Lipinski definition) is 4. The van der Waals surface area contributed by atoms with E-state index in [0.29, 0.717) is 11.6 Å². The van der Waals surface area contributed by atoms with Gasteiger partial charge in [0.2, 0.25) is 0 Å². The number of thioether (sulfide) groups is 1. The molecule has 0 aromatic carbocycles. The first-order valence-electron chi connectivity index (χ1n) is 7.66. The minimum atomic E-state index is 0.106. The number of aryl methyl sites for hydroxylation is 1. The summed E-state index contributed by atoms with van der Waals surface area (Å²) in [5, 5.41) is 0. The van der Waals surface area contributed by atoms with E-state index in [0.717, 1.165) is 49.5 Å². The van der Waals surface area contributed by atoms with Crippen molar-refractivity contribution in [3.05, 3.63) is 29.6 Å². The van der Waals surface area contributed by atoms with Crippen LogP contribution < -0.4 is 0 Å². The van der Waals surface area contributed by atoms with E-state index in [-0.39, 0.29) is 12.0 Å². The van der Waals surface area contributed by atoms with Crippen LogP contribution in [0.2, 0.25) is 0 Å². The topological polar surface area (TPSA) is 42.4 Å². The van der Waals surface area contributed by atoms with Gasteiger partial charge < -0.3 is 9.64 Å². The van der Waals surface area contributed by atoms with Crippen molar-refractivity contribution in [3.8, 4) is 0 Å². The Morgan fingerprint density at radius 3 is 3.05 bits per heavy atom. The van der Waals surface area contributed by atoms with Crippen molar-refractivity contribution in [1.82, 2.24) is 9.88 Å². The van der Waals surface area contributed by atoms with E-state index < -0.39 is 0 Å². The van der Waals surface area contributed by atoms with Crippen molar-refractivity contribution in [2.75, 3.05) is 24.7 Å². The number of aromatic nitrogens is 1. The largest absolute Gasteiger partial charge is 0.376 e. The third-order valence-electron chi connectivity index (χ3n) is 4.15. The highest BCUT2D eigenvalue weighted by Crippen LogP contribution is 2.26. The van der Waals surface area contributed by atoms with Crippen LogP contribution in [0, 0.1) is 6.92 Å². The van der Waals surface area contributed by atoms with Gasteiger partial charge in [0, 0.05) is 37.3 Å². The highest BCUT2D eigenvalue weighted by Gasteiger charge is 2.31. The molecule has 2 aliphatic heterocycles. The van der Waals surface area contributed by atoms with Crippen LogP contribution in [0.15, 0.2) is 18.5 Å². The average Bonchev–Trinajstić information content (AvgIpc) is 3.17. The maximum Gasteiger partial charge on any atom is 0.255 e. The van der Waals surface area contributed by atoms with E-state index in [9.17, 15) is 4.79 Å². The van der Waals surface area contributed by atoms with E-state index >= 15 is 0 Å². The number of carbonyl (C=O) groups is 1. The predicted octanol–water partition coefficient (Wildman–Crippen LogP) is 2.52. The highest BCUT2D eigenvalue weighted by atomic mass is 32.2. The molecular formula is C16H22N2O2S. The van der Waals surface area contributed by atoms with Crippen molar-refractivity contribution in [3.63, 3.8) is 0 Å². The van der Waals surface area contributed by atoms with Gasteiger partial charge in [0.15, 0.2) is 0 Å². The van der Waals surface area contributed by atoms with Crippen LogP contribution in [0.4, 0.5) is 0 Å². The van der Waals surface area contributed by atoms with Gasteiger partial charge in [0.25, 0.3) is 5.91 Å². The number of amides is 1. The van der Waals surface area contributed by atoms with Crippen LogP contribution in [0.1, 0.15) is 35.2 Å². The Hall–Kier alpha value is -1.07. The summed E-state index contributed by atoms with van der Waals surface area (Å²) in [7, 11) is 0. The van der Waals surface area contributed by atoms with Gasteiger partial charge in [-0.05, 0) is 43.6 Å². The zero-order valence-corrected chi connectivity index (χ0v) is 13.3. The Balaban J connectivity index is 1.77. The summed E-state index contributed by atoms with van der Waals surface area (Å²) in [6.45, 7) is 3.52. The molecule has 1 aromatic heterocycles. The van der Waals surface area contributed by atoms with Crippen molar-refractivity contribution in [2.45, 2.75) is 38.3 Å². The fourth-order valence-corrected chi connectivity index (χ4v) is 4.24. The summed E-state index contributed by atoms with van der Waals surface area (Å²) in [5.41, 5.74) is 1.73. The van der Waals surface area contributed by atoms with E-state index in [1.54, 1.807) is 12.4 Å². The van der Waals surface area contributed by atoms with Crippen LogP contribution in [-0.2, 0) is 4.74 Å². The first kappa shape index (κ1) is 14.9. The Kier molecular flexibility index (Phi) is 4.80. The quantitative estimate of drug-likeness (QED) is 0.857. The third kappa shape index (κ3) is 3.58. The Morgan fingerprint density at radius 1 is 1.48 bits per heavy atom. The lowest BCUT2D eigenvalue weighted by Crippen LogP contribution is -2.44. The summed E-state index contributed by atoms with van der Waals surface area (Å²) in [5.74, 6) is 2.29. The zero-order valence-electron chi connectivity index (χ0n) is 12.5. The highest BCUT2D eigenvalue weighted by molar-refractivity contribution is 7.99. The van der Waals surface area contributed by atoms with Gasteiger partial charge in [0.05, 0.1) is 11.7 Å². The SMILES string of the molecule is Cc1cncc(C(=O)N(C[C@H]2CCCO2)[C@@H]2CCSC2)c1. The monoisotopic (exact) mass is 306 g/mol. The predicted molar refractivity (Wildman–Crippen MR) is 84.7 cm³/mol. The molecule has 3 rings (SSSR count). The fourth-order valence-electron chi connectivity index (χ4n) is 3.01. The minimum absolute atomic E-state index is 0.106. The van der Waals surface area contributed by atoms with Crippen molar-refractivity contribution < 1.29 is 9.53 Å². The Bertz CT molecular complexity index is 497. The average molecular weight is 306 g/mol. The van der Waals surface area contributed by atoms with Crippen LogP contribution in [0.3, 0.4) is 0 Å². The molecule has 114 valence electrons. The second-order valence-corrected chi connectivity index (χ2v) is 7.01. The molecule has 0 aliphatic carbocycles. The molecule has 2 saturated heterocycles. The van der Waals surface area contributed by atoms with Gasteiger partial charge in [-0.15, -0.1) is 0 Å². The number of pyridine rings is 1. The standard InChI is InChI=1S/C16H22N2O2S/c1-12-7-13(9-17-8-12)16(19)18(14-4-6-21-11-14)10-15-3-2-5-20-15/h7-9,14-15H,2-6,10-11H2,1H3/t14-,15-/m1/s1. The molecule has 0 saturated carbocycles. The first-order valence-corrected chi connectivity index (χ1v) is 8.81. The summed E-state index contributed by atoms with van der Waals surface area (Å²) in [4.78, 5) is 19.1. The van der Waals surface area contributed by atoms with Crippen LogP contribution in [0.5, 0.6) is 0 Å². The summed E-state index contributed by atoms with van der Waals surface area (Å²) in [6, 6.07) is 2.27. The maximum atomic E-state index is 12.9. The fraction of sp³-hybridized carbons (Fsp3) is 0.625. The lowest BCUT2D eigenvalue weighted by molar-refractivity contribution is 0.0441. The van der Waals surface area contributed by atoms with Gasteiger partial charge in [-0.1, -0.05) is 0 Å². The Labute approximate surface area is 130 Å². The first-order chi connectivity index (χ1) is 10.2. The van der Waals surface area contributed by atoms with Crippen molar-refractivity contribution >= 4 is 17.7 Å². The third-order valence-corrected chi connectivity index (χ3v) is 5.30. The van der Waals surface area contributed by atoms with Crippen LogP contribution >= 0.6 is 11.8 Å². The molecule has 0 spiro atoms. The second-order valence-electron chi connectivity index (χ2n) is 5.86. The summed E-state index contributed by atoms with van der Waals surface area (Å²) in [6.07, 6.45) is 6.93. The van der Waals surface area contributed by atoms with Gasteiger partial charge in [-0.2, -0.15) is 11.8 Å². The van der Waals surface area contributed by atoms with E-state index in [1.807, 2.05) is 29.7 Å². The molecule has 21 heavy (non-hydrogen) atoms. The van der Waals surface area contributed by atoms with Crippen molar-refractivity contribution in [1.29, 1.82) is 0 Å². The number of hydrogen-bond donors (Lipinski definition) is 0. The second kappa shape index (κ2) is 6.79. The molecule has 0 N–H and O–H groups in total. The molecule has 1 aromatic rings. The van der Waals surface area contributed by atoms with Gasteiger partial charge >= 0.3 is 0 Å². The van der Waals surface area contributed by atoms with Crippen LogP contribution in [0.25, 0.3) is 0 Å². The van der Waals surface area contributed by atoms with Gasteiger partial charge in [-0.25, -0.2) is 0 Å². The number of rotatable bonds is 4. The van der Waals surface area contributed by atoms with E-state index in [4.69, 9.17) is 4.74 Å². The lowest BCUT2D eigenvalue weighted by Gasteiger charge is -2.30. The molecule has 0 bridgehead atoms. The molecule has 4 nitrogen and oxygen atoms in total. The number of nitrogens with zero attached hydrogens (tertiary/aromatic N) is 2. The molecule has 1 amide bonds. The molecule has 2 fully saturated rings. The summed E-state index contributed by atoms with van der Waals surface area (Å²) >= 11 is 1.93.